The fraction of sp³-hybridized carbons (Fsp3) is 0.786. The van der Waals surface area contributed by atoms with Crippen LogP contribution in [0.5, 0.6) is 0 Å². The summed E-state index contributed by atoms with van der Waals surface area (Å²) in [5.41, 5.74) is 0.465. The minimum Gasteiger partial charge on any atom is -0.345 e. The van der Waals surface area contributed by atoms with Crippen LogP contribution in [0, 0.1) is 17.8 Å². The molecule has 1 spiro atoms. The minimum atomic E-state index is 0.465. The van der Waals surface area contributed by atoms with Gasteiger partial charge in [-0.15, -0.1) is 12.3 Å². The fourth-order valence-electron chi connectivity index (χ4n) is 3.24. The van der Waals surface area contributed by atoms with Crippen molar-refractivity contribution in [1.29, 1.82) is 0 Å². The van der Waals surface area contributed by atoms with Gasteiger partial charge in [0.1, 0.15) is 0 Å². The Morgan fingerprint density at radius 3 is 2.65 bits per heavy atom. The molecule has 1 amide bonds. The Bertz CT molecular complexity index is 300. The van der Waals surface area contributed by atoms with Crippen molar-refractivity contribution in [2.45, 2.75) is 32.1 Å². The SMILES string of the molecule is C#CCCN1CCCC2(CCN(C=O)CC2)C1. The summed E-state index contributed by atoms with van der Waals surface area (Å²) >= 11 is 0. The summed E-state index contributed by atoms with van der Waals surface area (Å²) in [6.45, 7) is 5.29. The number of terminal acetylenes is 1. The number of likely N-dealkylation sites (tertiary alicyclic amines) is 2. The average Bonchev–Trinajstić information content (AvgIpc) is 2.38. The van der Waals surface area contributed by atoms with E-state index in [0.29, 0.717) is 5.41 Å². The summed E-state index contributed by atoms with van der Waals surface area (Å²) in [4.78, 5) is 15.2. The smallest absolute Gasteiger partial charge is 0.209 e. The third-order valence-electron chi connectivity index (χ3n) is 4.32. The number of amides is 1. The Balaban J connectivity index is 1.88. The van der Waals surface area contributed by atoms with E-state index in [1.807, 2.05) is 4.90 Å². The maximum absolute atomic E-state index is 10.7. The van der Waals surface area contributed by atoms with Gasteiger partial charge in [0.2, 0.25) is 6.41 Å². The van der Waals surface area contributed by atoms with E-state index in [1.54, 1.807) is 0 Å². The molecular formula is C14H22N2O. The molecule has 94 valence electrons. The van der Waals surface area contributed by atoms with E-state index in [2.05, 4.69) is 10.8 Å². The van der Waals surface area contributed by atoms with E-state index in [1.165, 1.54) is 25.9 Å². The number of hydrogen-bond donors (Lipinski definition) is 0. The van der Waals surface area contributed by atoms with Crippen LogP contribution in [0.3, 0.4) is 0 Å². The van der Waals surface area contributed by atoms with Gasteiger partial charge in [0, 0.05) is 32.6 Å². The zero-order valence-corrected chi connectivity index (χ0v) is 10.5. The summed E-state index contributed by atoms with van der Waals surface area (Å²) in [7, 11) is 0. The van der Waals surface area contributed by atoms with Gasteiger partial charge in [-0.25, -0.2) is 0 Å². The molecule has 0 bridgehead atoms. The lowest BCUT2D eigenvalue weighted by molar-refractivity contribution is -0.120. The lowest BCUT2D eigenvalue weighted by atomic mass is 9.72. The Kier molecular flexibility index (Phi) is 4.06. The van der Waals surface area contributed by atoms with Crippen molar-refractivity contribution in [1.82, 2.24) is 9.80 Å². The third kappa shape index (κ3) is 3.01. The van der Waals surface area contributed by atoms with E-state index in [9.17, 15) is 4.79 Å². The Labute approximate surface area is 104 Å². The first-order valence-electron chi connectivity index (χ1n) is 6.63. The fourth-order valence-corrected chi connectivity index (χ4v) is 3.24. The maximum atomic E-state index is 10.7. The molecule has 0 N–H and O–H groups in total. The highest BCUT2D eigenvalue weighted by atomic mass is 16.1. The van der Waals surface area contributed by atoms with Crippen LogP contribution in [0.2, 0.25) is 0 Å². The van der Waals surface area contributed by atoms with Crippen LogP contribution in [0.4, 0.5) is 0 Å². The van der Waals surface area contributed by atoms with Crippen LogP contribution < -0.4 is 0 Å². The van der Waals surface area contributed by atoms with Crippen molar-refractivity contribution in [2.24, 2.45) is 5.41 Å². The van der Waals surface area contributed by atoms with Crippen LogP contribution in [0.25, 0.3) is 0 Å². The Hall–Kier alpha value is -1.01. The van der Waals surface area contributed by atoms with E-state index < -0.39 is 0 Å². The van der Waals surface area contributed by atoms with Gasteiger partial charge in [-0.1, -0.05) is 0 Å². The normalized spacial score (nSPS) is 24.5. The second kappa shape index (κ2) is 5.55. The number of carbonyl (C=O) groups excluding carboxylic acids is 1. The summed E-state index contributed by atoms with van der Waals surface area (Å²) in [6, 6.07) is 0. The molecule has 17 heavy (non-hydrogen) atoms. The van der Waals surface area contributed by atoms with Crippen LogP contribution in [0.1, 0.15) is 32.1 Å². The van der Waals surface area contributed by atoms with Gasteiger partial charge < -0.3 is 9.80 Å². The second-order valence-electron chi connectivity index (χ2n) is 5.48. The average molecular weight is 234 g/mol. The molecule has 2 rings (SSSR count). The van der Waals surface area contributed by atoms with Gasteiger partial charge >= 0.3 is 0 Å². The van der Waals surface area contributed by atoms with Crippen molar-refractivity contribution < 1.29 is 4.79 Å². The highest BCUT2D eigenvalue weighted by Crippen LogP contribution is 2.39. The molecule has 3 heteroatoms. The monoisotopic (exact) mass is 234 g/mol. The van der Waals surface area contributed by atoms with E-state index in [4.69, 9.17) is 6.42 Å². The topological polar surface area (TPSA) is 23.6 Å². The molecule has 2 saturated heterocycles. The molecule has 2 heterocycles. The summed E-state index contributed by atoms with van der Waals surface area (Å²) in [6.07, 6.45) is 12.1. The predicted molar refractivity (Wildman–Crippen MR) is 68.4 cm³/mol. The van der Waals surface area contributed by atoms with Gasteiger partial charge in [0.05, 0.1) is 0 Å². The lowest BCUT2D eigenvalue weighted by Gasteiger charge is -2.47. The molecule has 2 aliphatic heterocycles. The van der Waals surface area contributed by atoms with Crippen LogP contribution in [-0.2, 0) is 4.79 Å². The van der Waals surface area contributed by atoms with Crippen molar-refractivity contribution in [3.05, 3.63) is 0 Å². The minimum absolute atomic E-state index is 0.465. The van der Waals surface area contributed by atoms with Gasteiger partial charge in [-0.2, -0.15) is 0 Å². The Morgan fingerprint density at radius 2 is 2.00 bits per heavy atom. The second-order valence-corrected chi connectivity index (χ2v) is 5.48. The number of piperidine rings is 2. The predicted octanol–water partition coefficient (Wildman–Crippen LogP) is 1.34. The van der Waals surface area contributed by atoms with Gasteiger partial charge in [0.15, 0.2) is 0 Å². The summed E-state index contributed by atoms with van der Waals surface area (Å²) < 4.78 is 0. The molecule has 0 aliphatic carbocycles. The highest BCUT2D eigenvalue weighted by molar-refractivity contribution is 5.47. The standard InChI is InChI=1S/C14H22N2O/c1-2-3-8-15-9-4-5-14(12-15)6-10-16(13-17)11-7-14/h1,13H,3-12H2. The third-order valence-corrected chi connectivity index (χ3v) is 4.32. The molecule has 0 atom stereocenters. The number of carbonyl (C=O) groups is 1. The van der Waals surface area contributed by atoms with Crippen LogP contribution in [-0.4, -0.2) is 48.9 Å². The zero-order chi connectivity index (χ0) is 12.1. The summed E-state index contributed by atoms with van der Waals surface area (Å²) in [5.74, 6) is 2.73. The lowest BCUT2D eigenvalue weighted by Crippen LogP contribution is -2.49. The first-order valence-corrected chi connectivity index (χ1v) is 6.63. The van der Waals surface area contributed by atoms with Crippen molar-refractivity contribution >= 4 is 6.41 Å². The highest BCUT2D eigenvalue weighted by Gasteiger charge is 2.37. The largest absolute Gasteiger partial charge is 0.345 e. The van der Waals surface area contributed by atoms with Crippen molar-refractivity contribution in [2.75, 3.05) is 32.7 Å². The van der Waals surface area contributed by atoms with E-state index in [-0.39, 0.29) is 0 Å². The molecule has 0 aromatic rings. The Morgan fingerprint density at radius 1 is 1.24 bits per heavy atom. The summed E-state index contributed by atoms with van der Waals surface area (Å²) in [5, 5.41) is 0. The van der Waals surface area contributed by atoms with Crippen molar-refractivity contribution in [3.8, 4) is 12.3 Å². The van der Waals surface area contributed by atoms with Gasteiger partial charge in [-0.05, 0) is 37.6 Å². The molecule has 0 radical (unpaired) electrons. The molecule has 0 unspecified atom stereocenters. The molecule has 0 aromatic carbocycles. The first kappa shape index (κ1) is 12.4. The molecule has 0 aromatic heterocycles. The number of rotatable bonds is 3. The maximum Gasteiger partial charge on any atom is 0.209 e. The van der Waals surface area contributed by atoms with Crippen molar-refractivity contribution in [3.63, 3.8) is 0 Å². The molecule has 3 nitrogen and oxygen atoms in total. The van der Waals surface area contributed by atoms with Gasteiger partial charge in [0.25, 0.3) is 0 Å². The number of hydrogen-bond acceptors (Lipinski definition) is 2. The number of nitrogens with zero attached hydrogens (tertiary/aromatic N) is 2. The van der Waals surface area contributed by atoms with E-state index in [0.717, 1.165) is 45.3 Å². The first-order chi connectivity index (χ1) is 8.28. The zero-order valence-electron chi connectivity index (χ0n) is 10.5. The van der Waals surface area contributed by atoms with Gasteiger partial charge in [-0.3, -0.25) is 4.79 Å². The molecule has 2 aliphatic rings. The molecule has 2 fully saturated rings. The quantitative estimate of drug-likeness (QED) is 0.543. The van der Waals surface area contributed by atoms with E-state index >= 15 is 0 Å². The van der Waals surface area contributed by atoms with Crippen LogP contribution in [0.15, 0.2) is 0 Å². The molecular weight excluding hydrogens is 212 g/mol. The molecule has 0 saturated carbocycles. The van der Waals surface area contributed by atoms with Crippen LogP contribution >= 0.6 is 0 Å².